The van der Waals surface area contributed by atoms with Gasteiger partial charge in [0.2, 0.25) is 0 Å². The van der Waals surface area contributed by atoms with Crippen LogP contribution in [0, 0.1) is 0 Å². The van der Waals surface area contributed by atoms with Crippen LogP contribution < -0.4 is 14.5 Å². The third kappa shape index (κ3) is 9.76. The van der Waals surface area contributed by atoms with Crippen LogP contribution in [0.5, 0.6) is 11.5 Å². The molecule has 0 radical (unpaired) electrons. The average molecular weight is 991 g/mol. The average Bonchev–Trinajstić information content (AvgIpc) is 3.93. The van der Waals surface area contributed by atoms with Crippen LogP contribution in [0.2, 0.25) is 0 Å². The molecule has 7 aromatic carbocycles. The lowest BCUT2D eigenvalue weighted by Crippen LogP contribution is -2.26. The van der Waals surface area contributed by atoms with E-state index in [9.17, 15) is 0 Å². The molecule has 0 saturated heterocycles. The van der Waals surface area contributed by atoms with Crippen LogP contribution in [0.25, 0.3) is 27.6 Å². The van der Waals surface area contributed by atoms with Crippen LogP contribution in [0.3, 0.4) is 0 Å². The van der Waals surface area contributed by atoms with E-state index < -0.39 is 0 Å². The van der Waals surface area contributed by atoms with Crippen LogP contribution in [-0.2, 0) is 32.5 Å². The van der Waals surface area contributed by atoms with Crippen molar-refractivity contribution in [2.75, 3.05) is 16.5 Å². The minimum Gasteiger partial charge on any atom is -0.457 e. The van der Waals surface area contributed by atoms with Gasteiger partial charge in [-0.3, -0.25) is 4.57 Å². The molecule has 3 heterocycles. The molecule has 0 fully saturated rings. The maximum Gasteiger partial charge on any atom is 0.137 e. The maximum absolute atomic E-state index is 7.15. The summed E-state index contributed by atoms with van der Waals surface area (Å²) in [6.45, 7) is 37.5. The SMILES string of the molecule is CC(C)(C)c1cc(Oc2ccc3c4cc(C(C)(C)C)ccc4n(-c4cc(C(C)(C)C)ccn4)c3c2)cc(N2CN(c3cc(C(C)(C)C)cc(C(C)(C)c4ccccc4)c3)c3cc(C(C)(C)c4ccccc4)ccc32)c1. The van der Waals surface area contributed by atoms with Crippen molar-refractivity contribution < 1.29 is 4.74 Å². The summed E-state index contributed by atoms with van der Waals surface area (Å²) < 4.78 is 9.47. The van der Waals surface area contributed by atoms with E-state index in [1.165, 1.54) is 66.7 Å². The smallest absolute Gasteiger partial charge is 0.137 e. The zero-order valence-electron chi connectivity index (χ0n) is 47.6. The highest BCUT2D eigenvalue weighted by Crippen LogP contribution is 2.50. The van der Waals surface area contributed by atoms with E-state index in [2.05, 4.69) is 289 Å². The summed E-state index contributed by atoms with van der Waals surface area (Å²) in [5.41, 5.74) is 16.3. The van der Waals surface area contributed by atoms with Crippen LogP contribution in [-0.4, -0.2) is 16.2 Å². The molecule has 0 bridgehead atoms. The van der Waals surface area contributed by atoms with Gasteiger partial charge in [-0.05, 0) is 139 Å². The Morgan fingerprint density at radius 2 is 0.893 bits per heavy atom. The van der Waals surface area contributed by atoms with Crippen molar-refractivity contribution in [2.24, 2.45) is 0 Å². The fourth-order valence-corrected chi connectivity index (χ4v) is 10.8. The second-order valence-corrected chi connectivity index (χ2v) is 26.4. The highest BCUT2D eigenvalue weighted by molar-refractivity contribution is 6.10. The molecule has 0 saturated carbocycles. The molecule has 5 heteroatoms. The molecule has 384 valence electrons. The van der Waals surface area contributed by atoms with Crippen LogP contribution in [0.4, 0.5) is 22.7 Å². The molecule has 0 aliphatic carbocycles. The topological polar surface area (TPSA) is 33.5 Å². The number of pyridine rings is 1. The first-order chi connectivity index (χ1) is 35.2. The lowest BCUT2D eigenvalue weighted by Gasteiger charge is -2.32. The van der Waals surface area contributed by atoms with Crippen molar-refractivity contribution in [2.45, 2.75) is 143 Å². The highest BCUT2D eigenvalue weighted by Gasteiger charge is 2.35. The van der Waals surface area contributed by atoms with Crippen LogP contribution in [0.15, 0.2) is 170 Å². The molecular weight excluding hydrogens is 913 g/mol. The summed E-state index contributed by atoms with van der Waals surface area (Å²) in [5.74, 6) is 2.47. The van der Waals surface area contributed by atoms with Gasteiger partial charge in [0.25, 0.3) is 0 Å². The second kappa shape index (κ2) is 18.3. The molecule has 2 aromatic heterocycles. The molecule has 5 nitrogen and oxygen atoms in total. The van der Waals surface area contributed by atoms with Crippen molar-refractivity contribution in [1.29, 1.82) is 0 Å². The summed E-state index contributed by atoms with van der Waals surface area (Å²) >= 11 is 0. The van der Waals surface area contributed by atoms with Gasteiger partial charge >= 0.3 is 0 Å². The van der Waals surface area contributed by atoms with Gasteiger partial charge in [0.15, 0.2) is 0 Å². The fraction of sp³-hybridized carbons (Fsp3) is 0.329. The molecular formula is C70H78N4O. The fourth-order valence-electron chi connectivity index (χ4n) is 10.8. The summed E-state index contributed by atoms with van der Waals surface area (Å²) in [4.78, 5) is 10.1. The minimum absolute atomic E-state index is 0.00153. The van der Waals surface area contributed by atoms with Gasteiger partial charge < -0.3 is 14.5 Å². The maximum atomic E-state index is 7.15. The van der Waals surface area contributed by atoms with E-state index in [4.69, 9.17) is 9.72 Å². The van der Waals surface area contributed by atoms with Crippen molar-refractivity contribution in [1.82, 2.24) is 9.55 Å². The molecule has 0 unspecified atom stereocenters. The summed E-state index contributed by atoms with van der Waals surface area (Å²) in [6.07, 6.45) is 1.95. The first-order valence-electron chi connectivity index (χ1n) is 27.0. The molecule has 10 rings (SSSR count). The number of aromatic nitrogens is 2. The Kier molecular flexibility index (Phi) is 12.6. The predicted molar refractivity (Wildman–Crippen MR) is 319 cm³/mol. The number of hydrogen-bond acceptors (Lipinski definition) is 4. The van der Waals surface area contributed by atoms with Gasteiger partial charge in [0.05, 0.1) is 22.4 Å². The lowest BCUT2D eigenvalue weighted by molar-refractivity contribution is 0.479. The summed E-state index contributed by atoms with van der Waals surface area (Å²) in [5, 5.41) is 2.38. The molecule has 0 N–H and O–H groups in total. The van der Waals surface area contributed by atoms with Gasteiger partial charge in [-0.2, -0.15) is 0 Å². The highest BCUT2D eigenvalue weighted by atomic mass is 16.5. The van der Waals surface area contributed by atoms with Crippen molar-refractivity contribution >= 4 is 44.6 Å². The first kappa shape index (κ1) is 51.4. The molecule has 75 heavy (non-hydrogen) atoms. The third-order valence-corrected chi connectivity index (χ3v) is 16.1. The third-order valence-electron chi connectivity index (χ3n) is 16.1. The monoisotopic (exact) mass is 991 g/mol. The number of ether oxygens (including phenoxy) is 1. The molecule has 0 atom stereocenters. The normalized spacial score (nSPS) is 13.8. The molecule has 9 aromatic rings. The van der Waals surface area contributed by atoms with Crippen molar-refractivity contribution in [3.63, 3.8) is 0 Å². The minimum atomic E-state index is -0.233. The van der Waals surface area contributed by atoms with Crippen molar-refractivity contribution in [3.8, 4) is 17.3 Å². The Hall–Kier alpha value is -7.11. The largest absolute Gasteiger partial charge is 0.457 e. The Morgan fingerprint density at radius 3 is 1.51 bits per heavy atom. The molecule has 1 aliphatic heterocycles. The number of nitrogens with zero attached hydrogens (tertiary/aromatic N) is 4. The van der Waals surface area contributed by atoms with Crippen LogP contribution >= 0.6 is 0 Å². The van der Waals surface area contributed by atoms with E-state index in [0.717, 1.165) is 39.7 Å². The van der Waals surface area contributed by atoms with Gasteiger partial charge in [0, 0.05) is 51.3 Å². The summed E-state index contributed by atoms with van der Waals surface area (Å²) in [7, 11) is 0. The van der Waals surface area contributed by atoms with Gasteiger partial charge in [-0.25, -0.2) is 4.98 Å². The van der Waals surface area contributed by atoms with E-state index in [1.54, 1.807) is 0 Å². The number of rotatable bonds is 9. The Balaban J connectivity index is 1.12. The van der Waals surface area contributed by atoms with Gasteiger partial charge in [-0.15, -0.1) is 0 Å². The van der Waals surface area contributed by atoms with E-state index in [0.29, 0.717) is 6.67 Å². The molecule has 1 aliphatic rings. The predicted octanol–water partition coefficient (Wildman–Crippen LogP) is 19.1. The molecule has 0 spiro atoms. The Bertz CT molecular complexity index is 3590. The quantitative estimate of drug-likeness (QED) is 0.144. The van der Waals surface area contributed by atoms with Gasteiger partial charge in [-0.1, -0.05) is 190 Å². The first-order valence-corrected chi connectivity index (χ1v) is 27.0. The number of hydrogen-bond donors (Lipinski definition) is 0. The number of anilines is 4. The Labute approximate surface area is 448 Å². The number of benzene rings is 7. The second-order valence-electron chi connectivity index (χ2n) is 26.4. The Morgan fingerprint density at radius 1 is 0.360 bits per heavy atom. The summed E-state index contributed by atoms with van der Waals surface area (Å²) in [6, 6.07) is 61.0. The van der Waals surface area contributed by atoms with Crippen LogP contribution in [0.1, 0.15) is 155 Å². The lowest BCUT2D eigenvalue weighted by atomic mass is 9.75. The van der Waals surface area contributed by atoms with E-state index in [-0.39, 0.29) is 32.5 Å². The standard InChI is InChI=1S/C70H78N4O/c1-65(2,3)48-27-31-60-59(40-48)58-30-29-56(44-62(58)74(60)64-42-49(33-34-71-64)66(4,5)6)75-57-39-52(68(10,11)12)37-55(43-57)72-45-73(63-41-50(28-32-61(63)72)69(13,14)46-23-19-17-20-24-46)54-36-51(67(7,8)9)35-53(38-54)70(15,16)47-25-21-18-22-26-47/h17-44H,45H2,1-16H3. The molecule has 0 amide bonds. The van der Waals surface area contributed by atoms with Crippen molar-refractivity contribution in [3.05, 3.63) is 214 Å². The van der Waals surface area contributed by atoms with Gasteiger partial charge in [0.1, 0.15) is 24.0 Å². The van der Waals surface area contributed by atoms with E-state index in [1.807, 2.05) is 6.20 Å². The number of fused-ring (bicyclic) bond motifs is 4. The zero-order chi connectivity index (χ0) is 53.6. The zero-order valence-corrected chi connectivity index (χ0v) is 47.6. The van der Waals surface area contributed by atoms with E-state index >= 15 is 0 Å².